The number of guanidine groups is 1. The number of thiol groups is 1. The van der Waals surface area contributed by atoms with E-state index in [9.17, 15) is 87.9 Å². The van der Waals surface area contributed by atoms with Crippen LogP contribution in [0.1, 0.15) is 89.0 Å². The summed E-state index contributed by atoms with van der Waals surface area (Å²) in [7, 11) is 0. The Kier molecular flexibility index (Phi) is 35.3. The van der Waals surface area contributed by atoms with E-state index < -0.39 is 175 Å². The molecule has 4 rings (SSSR count). The standard InChI is InChI=1S/C69H95N15O18S/c1-37(2)29-49(79-59(92)46(70)30-42-18-22-44(86)23-19-42)65(98)83-57(38(3)4)67(100)82-53(36-103)61(94)75-34-54(88)76-48(26-27-56(90)91)62(95)78-47(17-12-28-73-69(71)72)60(93)74-35-55(89)77-50(31-40-13-8-6-9-14-40)63(96)80-51(32-41-15-10-7-11-16-41)64(97)81-52(33-43-20-24-45(87)25-21-43)66(99)84-58(39(5)85)68(101)102/h6-11,13-16,18-25,37-39,46-53,57-58,85-87,103H,12,17,26-36,70H2,1-5H3,(H,74,93)(H,75,94)(H,76,88)(H,77,89)(H,78,95)(H,79,92)(H,80,96)(H,81,97)(H,82,100)(H,83,98)(H,84,99)(H,90,91)(H,101,102)(H4,71,72,73)/t39-,46+,47+,48+,49+,50+,51+,52+,53+,57+,58+/m1/s1. The molecule has 0 aliphatic rings. The molecule has 0 saturated heterocycles. The second-order valence-corrected chi connectivity index (χ2v) is 25.6. The Balaban J connectivity index is 1.49. The quantitative estimate of drug-likeness (QED) is 0.00928. The lowest BCUT2D eigenvalue weighted by molar-refractivity contribution is -0.145. The first-order valence-corrected chi connectivity index (χ1v) is 33.8. The first-order valence-electron chi connectivity index (χ1n) is 33.2. The van der Waals surface area contributed by atoms with Crippen LogP contribution < -0.4 is 75.7 Å². The van der Waals surface area contributed by atoms with Gasteiger partial charge in [0.15, 0.2) is 12.0 Å². The van der Waals surface area contributed by atoms with Crippen molar-refractivity contribution < 1.29 is 87.9 Å². The molecule has 560 valence electrons. The van der Waals surface area contributed by atoms with Gasteiger partial charge in [-0.3, -0.25) is 62.5 Å². The highest BCUT2D eigenvalue weighted by atomic mass is 32.1. The van der Waals surface area contributed by atoms with Crippen molar-refractivity contribution in [3.8, 4) is 11.5 Å². The van der Waals surface area contributed by atoms with Crippen molar-refractivity contribution in [3.63, 3.8) is 0 Å². The number of phenolic OH excluding ortho intramolecular Hbond substituents is 2. The number of hydrogen-bond donors (Lipinski definition) is 20. The average Bonchev–Trinajstić information content (AvgIpc) is 0.851. The number of carbonyl (C=O) groups excluding carboxylic acids is 11. The number of amides is 11. The Hall–Kier alpha value is -10.9. The third-order valence-electron chi connectivity index (χ3n) is 15.8. The number of aliphatic hydroxyl groups excluding tert-OH is 1. The van der Waals surface area contributed by atoms with E-state index in [-0.39, 0.29) is 80.6 Å². The van der Waals surface area contributed by atoms with E-state index >= 15 is 0 Å². The first kappa shape index (κ1) is 84.5. The zero-order chi connectivity index (χ0) is 76.5. The molecule has 0 saturated carbocycles. The van der Waals surface area contributed by atoms with Crippen LogP contribution in [-0.4, -0.2) is 200 Å². The van der Waals surface area contributed by atoms with Crippen LogP contribution in [0.2, 0.25) is 0 Å². The lowest BCUT2D eigenvalue weighted by Crippen LogP contribution is -2.60. The zero-order valence-electron chi connectivity index (χ0n) is 57.8. The zero-order valence-corrected chi connectivity index (χ0v) is 58.7. The van der Waals surface area contributed by atoms with Gasteiger partial charge in [0, 0.05) is 38.0 Å². The van der Waals surface area contributed by atoms with Crippen LogP contribution in [0, 0.1) is 11.8 Å². The molecule has 0 aliphatic heterocycles. The van der Waals surface area contributed by atoms with E-state index in [2.05, 4.69) is 76.1 Å². The summed E-state index contributed by atoms with van der Waals surface area (Å²) in [4.78, 5) is 181. The third-order valence-corrected chi connectivity index (χ3v) is 16.1. The molecule has 0 aliphatic carbocycles. The fraction of sp³-hybridized carbons (Fsp3) is 0.449. The van der Waals surface area contributed by atoms with Gasteiger partial charge in [-0.05, 0) is 97.4 Å². The maximum absolute atomic E-state index is 14.6. The smallest absolute Gasteiger partial charge is 0.328 e. The van der Waals surface area contributed by atoms with Crippen molar-refractivity contribution in [2.45, 2.75) is 159 Å². The van der Waals surface area contributed by atoms with Crippen molar-refractivity contribution in [3.05, 3.63) is 131 Å². The van der Waals surface area contributed by atoms with Crippen molar-refractivity contribution in [1.29, 1.82) is 0 Å². The summed E-state index contributed by atoms with van der Waals surface area (Å²) < 4.78 is 0. The Morgan fingerprint density at radius 2 is 0.835 bits per heavy atom. The number of aliphatic carboxylic acids is 2. The van der Waals surface area contributed by atoms with Crippen LogP contribution in [0.5, 0.6) is 11.5 Å². The van der Waals surface area contributed by atoms with Gasteiger partial charge < -0.3 is 101 Å². The number of hydrogen-bond acceptors (Lipinski definition) is 19. The number of carboxylic acids is 2. The summed E-state index contributed by atoms with van der Waals surface area (Å²) in [6, 6.07) is 13.9. The molecule has 0 unspecified atom stereocenters. The van der Waals surface area contributed by atoms with E-state index in [0.29, 0.717) is 22.3 Å². The fourth-order valence-electron chi connectivity index (χ4n) is 10.2. The highest BCUT2D eigenvalue weighted by Gasteiger charge is 2.36. The van der Waals surface area contributed by atoms with Gasteiger partial charge in [-0.25, -0.2) is 4.79 Å². The van der Waals surface area contributed by atoms with E-state index in [1.54, 1.807) is 86.6 Å². The second-order valence-electron chi connectivity index (χ2n) is 25.2. The van der Waals surface area contributed by atoms with E-state index in [1.165, 1.54) is 36.4 Å². The molecule has 0 radical (unpaired) electrons. The first-order chi connectivity index (χ1) is 48.7. The number of nitrogens with one attached hydrogen (secondary N) is 11. The number of nitrogens with zero attached hydrogens (tertiary/aromatic N) is 1. The number of phenols is 2. The maximum atomic E-state index is 14.6. The summed E-state index contributed by atoms with van der Waals surface area (Å²) >= 11 is 4.21. The van der Waals surface area contributed by atoms with Crippen molar-refractivity contribution in [1.82, 2.24) is 58.5 Å². The summed E-state index contributed by atoms with van der Waals surface area (Å²) in [6.07, 6.45) is -3.42. The van der Waals surface area contributed by atoms with Crippen molar-refractivity contribution in [2.75, 3.05) is 25.4 Å². The lowest BCUT2D eigenvalue weighted by Gasteiger charge is -2.28. The Morgan fingerprint density at radius 3 is 1.28 bits per heavy atom. The van der Waals surface area contributed by atoms with Gasteiger partial charge in [0.2, 0.25) is 65.0 Å². The molecular formula is C69H95N15O18S. The van der Waals surface area contributed by atoms with Gasteiger partial charge in [-0.15, -0.1) is 0 Å². The van der Waals surface area contributed by atoms with E-state index in [1.807, 2.05) is 13.8 Å². The Labute approximate surface area is 600 Å². The number of rotatable bonds is 43. The number of nitrogens with two attached hydrogens (primary N) is 3. The van der Waals surface area contributed by atoms with Gasteiger partial charge in [-0.1, -0.05) is 113 Å². The Bertz CT molecular complexity index is 3550. The van der Waals surface area contributed by atoms with E-state index in [0.717, 1.165) is 6.92 Å². The summed E-state index contributed by atoms with van der Waals surface area (Å²) in [5.41, 5.74) is 19.3. The van der Waals surface area contributed by atoms with Gasteiger partial charge in [0.25, 0.3) is 0 Å². The van der Waals surface area contributed by atoms with Crippen LogP contribution in [-0.2, 0) is 88.0 Å². The molecular weight excluding hydrogens is 1360 g/mol. The third kappa shape index (κ3) is 30.9. The number of carboxylic acid groups (broad SMARTS) is 2. The van der Waals surface area contributed by atoms with Gasteiger partial charge in [0.1, 0.15) is 59.8 Å². The molecule has 0 heterocycles. The largest absolute Gasteiger partial charge is 0.508 e. The fourth-order valence-corrected chi connectivity index (χ4v) is 10.5. The predicted octanol–water partition coefficient (Wildman–Crippen LogP) is -2.69. The molecule has 4 aromatic rings. The molecule has 103 heavy (non-hydrogen) atoms. The van der Waals surface area contributed by atoms with Crippen LogP contribution in [0.15, 0.2) is 114 Å². The minimum absolute atomic E-state index is 0.0215. The minimum atomic E-state index is -1.80. The highest BCUT2D eigenvalue weighted by molar-refractivity contribution is 7.80. The second kappa shape index (κ2) is 43.1. The molecule has 22 N–H and O–H groups in total. The molecule has 11 amide bonds. The molecule has 0 aromatic heterocycles. The lowest BCUT2D eigenvalue weighted by atomic mass is 9.99. The maximum Gasteiger partial charge on any atom is 0.328 e. The topological polar surface area (TPSA) is 546 Å². The van der Waals surface area contributed by atoms with Crippen molar-refractivity contribution in [2.24, 2.45) is 34.0 Å². The monoisotopic (exact) mass is 1450 g/mol. The van der Waals surface area contributed by atoms with Crippen molar-refractivity contribution >= 4 is 95.5 Å². The van der Waals surface area contributed by atoms with Crippen LogP contribution in [0.25, 0.3) is 0 Å². The van der Waals surface area contributed by atoms with Crippen LogP contribution in [0.3, 0.4) is 0 Å². The number of carbonyl (C=O) groups is 13. The molecule has 4 aromatic carbocycles. The summed E-state index contributed by atoms with van der Waals surface area (Å²) in [5, 5.41) is 76.5. The highest BCUT2D eigenvalue weighted by Crippen LogP contribution is 2.16. The SMILES string of the molecule is CC(C)C[C@H](NC(=O)[C@@H](N)Cc1ccc(O)cc1)C(=O)N[C@H](C(=O)N[C@@H](CS)C(=O)NCC(=O)N[C@@H](CCC(=O)O)C(=O)N[C@@H](CCCN=C(N)N)C(=O)NCC(=O)N[C@@H](Cc1ccccc1)C(=O)N[C@@H](Cc1ccccc1)C(=O)N[C@@H](Cc1ccc(O)cc1)C(=O)N[C@H](C(=O)O)[C@@H](C)O)C(C)C. The number of aliphatic imine (C=N–C) groups is 1. The predicted molar refractivity (Wildman–Crippen MR) is 380 cm³/mol. The molecule has 34 heteroatoms. The molecule has 0 bridgehead atoms. The Morgan fingerprint density at radius 1 is 0.447 bits per heavy atom. The number of aromatic hydroxyl groups is 2. The van der Waals surface area contributed by atoms with E-state index in [4.69, 9.17) is 17.2 Å². The normalized spacial score (nSPS) is 14.2. The summed E-state index contributed by atoms with van der Waals surface area (Å²) in [5.74, 6) is -14.5. The molecule has 0 spiro atoms. The van der Waals surface area contributed by atoms with Crippen LogP contribution in [0.4, 0.5) is 0 Å². The number of benzene rings is 4. The van der Waals surface area contributed by atoms with Crippen LogP contribution >= 0.6 is 12.6 Å². The summed E-state index contributed by atoms with van der Waals surface area (Å²) in [6.45, 7) is 6.25. The molecule has 0 fully saturated rings. The number of aliphatic hydroxyl groups is 1. The van der Waals surface area contributed by atoms with Gasteiger partial charge in [-0.2, -0.15) is 12.6 Å². The molecule has 33 nitrogen and oxygen atoms in total. The average molecular weight is 1450 g/mol. The minimum Gasteiger partial charge on any atom is -0.508 e. The molecule has 11 atom stereocenters. The van der Waals surface area contributed by atoms with Gasteiger partial charge in [0.05, 0.1) is 25.2 Å². The van der Waals surface area contributed by atoms with Gasteiger partial charge >= 0.3 is 11.9 Å².